The largest absolute Gasteiger partial charge is 0.336 e. The van der Waals surface area contributed by atoms with Crippen LogP contribution in [-0.4, -0.2) is 36.6 Å². The first-order valence-electron chi connectivity index (χ1n) is 7.22. The highest BCUT2D eigenvalue weighted by atomic mass is 32.1. The Labute approximate surface area is 135 Å². The molecule has 2 amide bonds. The van der Waals surface area contributed by atoms with Gasteiger partial charge in [0.15, 0.2) is 0 Å². The third-order valence-corrected chi connectivity index (χ3v) is 4.46. The van der Waals surface area contributed by atoms with Crippen molar-refractivity contribution in [3.8, 4) is 0 Å². The van der Waals surface area contributed by atoms with Crippen LogP contribution in [0, 0.1) is 0 Å². The SMILES string of the molecule is C[C@H](NC(=O)NC[C@H](c1cccs1)N(C)C)c1cccnc1. The van der Waals surface area contributed by atoms with Crippen molar-refractivity contribution < 1.29 is 4.79 Å². The summed E-state index contributed by atoms with van der Waals surface area (Å²) in [6.45, 7) is 2.51. The highest BCUT2D eigenvalue weighted by molar-refractivity contribution is 7.10. The number of hydrogen-bond donors (Lipinski definition) is 2. The number of pyridine rings is 1. The number of nitrogens with one attached hydrogen (secondary N) is 2. The number of urea groups is 1. The summed E-state index contributed by atoms with van der Waals surface area (Å²) in [5.74, 6) is 0. The Morgan fingerprint density at radius 2 is 2.18 bits per heavy atom. The molecule has 0 saturated heterocycles. The maximum absolute atomic E-state index is 12.1. The minimum Gasteiger partial charge on any atom is -0.336 e. The number of rotatable bonds is 6. The molecular weight excluding hydrogens is 296 g/mol. The second-order valence-corrected chi connectivity index (χ2v) is 6.34. The molecular formula is C16H22N4OS. The average molecular weight is 318 g/mol. The van der Waals surface area contributed by atoms with Gasteiger partial charge >= 0.3 is 6.03 Å². The fourth-order valence-electron chi connectivity index (χ4n) is 2.17. The van der Waals surface area contributed by atoms with Crippen molar-refractivity contribution in [2.24, 2.45) is 0 Å². The molecule has 0 bridgehead atoms. The Bertz CT molecular complexity index is 571. The quantitative estimate of drug-likeness (QED) is 0.861. The molecule has 5 nitrogen and oxygen atoms in total. The van der Waals surface area contributed by atoms with E-state index < -0.39 is 0 Å². The number of amides is 2. The molecule has 6 heteroatoms. The van der Waals surface area contributed by atoms with Crippen molar-refractivity contribution in [2.45, 2.75) is 19.0 Å². The summed E-state index contributed by atoms with van der Waals surface area (Å²) in [5, 5.41) is 7.93. The van der Waals surface area contributed by atoms with Gasteiger partial charge in [0, 0.05) is 23.8 Å². The molecule has 0 aliphatic rings. The van der Waals surface area contributed by atoms with Crippen molar-refractivity contribution in [2.75, 3.05) is 20.6 Å². The normalized spacial score (nSPS) is 13.6. The van der Waals surface area contributed by atoms with E-state index >= 15 is 0 Å². The summed E-state index contributed by atoms with van der Waals surface area (Å²) in [6, 6.07) is 7.87. The van der Waals surface area contributed by atoms with Gasteiger partial charge < -0.3 is 15.5 Å². The fraction of sp³-hybridized carbons (Fsp3) is 0.375. The lowest BCUT2D eigenvalue weighted by Gasteiger charge is -2.24. The monoisotopic (exact) mass is 318 g/mol. The van der Waals surface area contributed by atoms with Crippen LogP contribution in [-0.2, 0) is 0 Å². The van der Waals surface area contributed by atoms with Crippen LogP contribution >= 0.6 is 11.3 Å². The Morgan fingerprint density at radius 1 is 1.36 bits per heavy atom. The van der Waals surface area contributed by atoms with Crippen LogP contribution in [0.5, 0.6) is 0 Å². The maximum atomic E-state index is 12.1. The van der Waals surface area contributed by atoms with Gasteiger partial charge in [0.05, 0.1) is 12.1 Å². The summed E-state index contributed by atoms with van der Waals surface area (Å²) < 4.78 is 0. The van der Waals surface area contributed by atoms with E-state index in [-0.39, 0.29) is 18.1 Å². The van der Waals surface area contributed by atoms with Crippen molar-refractivity contribution in [3.05, 3.63) is 52.5 Å². The minimum atomic E-state index is -0.167. The van der Waals surface area contributed by atoms with Gasteiger partial charge in [-0.2, -0.15) is 0 Å². The molecule has 2 aromatic rings. The van der Waals surface area contributed by atoms with Gasteiger partial charge in [-0.25, -0.2) is 4.79 Å². The molecule has 2 atom stereocenters. The Kier molecular flexibility index (Phi) is 5.91. The van der Waals surface area contributed by atoms with Crippen LogP contribution < -0.4 is 10.6 Å². The van der Waals surface area contributed by atoms with Crippen LogP contribution in [0.4, 0.5) is 4.79 Å². The van der Waals surface area contributed by atoms with Crippen LogP contribution in [0.2, 0.25) is 0 Å². The molecule has 0 spiro atoms. The number of likely N-dealkylation sites (N-methyl/N-ethyl adjacent to an activating group) is 1. The van der Waals surface area contributed by atoms with Gasteiger partial charge in [0.25, 0.3) is 0 Å². The number of carbonyl (C=O) groups excluding carboxylic acids is 1. The van der Waals surface area contributed by atoms with Crippen LogP contribution in [0.15, 0.2) is 42.0 Å². The first-order valence-corrected chi connectivity index (χ1v) is 8.10. The zero-order valence-corrected chi connectivity index (χ0v) is 13.9. The van der Waals surface area contributed by atoms with E-state index in [1.165, 1.54) is 4.88 Å². The number of hydrogen-bond acceptors (Lipinski definition) is 4. The fourth-order valence-corrected chi connectivity index (χ4v) is 3.09. The van der Waals surface area contributed by atoms with Gasteiger partial charge in [0.2, 0.25) is 0 Å². The lowest BCUT2D eigenvalue weighted by atomic mass is 10.1. The van der Waals surface area contributed by atoms with Crippen LogP contribution in [0.3, 0.4) is 0 Å². The number of nitrogens with zero attached hydrogens (tertiary/aromatic N) is 2. The zero-order chi connectivity index (χ0) is 15.9. The maximum Gasteiger partial charge on any atom is 0.315 e. The molecule has 2 heterocycles. The Hall–Kier alpha value is -1.92. The lowest BCUT2D eigenvalue weighted by molar-refractivity contribution is 0.230. The van der Waals surface area contributed by atoms with Crippen molar-refractivity contribution in [1.82, 2.24) is 20.5 Å². The molecule has 2 N–H and O–H groups in total. The van der Waals surface area contributed by atoms with Gasteiger partial charge in [-0.1, -0.05) is 12.1 Å². The molecule has 0 saturated carbocycles. The van der Waals surface area contributed by atoms with Crippen LogP contribution in [0.25, 0.3) is 0 Å². The summed E-state index contributed by atoms with van der Waals surface area (Å²) in [4.78, 5) is 19.5. The molecule has 0 aliphatic heterocycles. The van der Waals surface area contributed by atoms with E-state index in [4.69, 9.17) is 0 Å². The molecule has 0 unspecified atom stereocenters. The summed E-state index contributed by atoms with van der Waals surface area (Å²) in [6.07, 6.45) is 3.48. The molecule has 22 heavy (non-hydrogen) atoms. The van der Waals surface area contributed by atoms with E-state index in [9.17, 15) is 4.79 Å². The summed E-state index contributed by atoms with van der Waals surface area (Å²) in [5.41, 5.74) is 0.986. The summed E-state index contributed by atoms with van der Waals surface area (Å²) >= 11 is 1.70. The van der Waals surface area contributed by atoms with Crippen LogP contribution in [0.1, 0.15) is 29.4 Å². The van der Waals surface area contributed by atoms with Crippen molar-refractivity contribution >= 4 is 17.4 Å². The van der Waals surface area contributed by atoms with Gasteiger partial charge in [0.1, 0.15) is 0 Å². The van der Waals surface area contributed by atoms with E-state index in [0.29, 0.717) is 6.54 Å². The molecule has 118 valence electrons. The van der Waals surface area contributed by atoms with Gasteiger partial charge in [-0.15, -0.1) is 11.3 Å². The lowest BCUT2D eigenvalue weighted by Crippen LogP contribution is -2.41. The third kappa shape index (κ3) is 4.54. The predicted molar refractivity (Wildman–Crippen MR) is 89.9 cm³/mol. The van der Waals surface area contributed by atoms with Crippen molar-refractivity contribution in [1.29, 1.82) is 0 Å². The Balaban J connectivity index is 1.86. The van der Waals surface area contributed by atoms with E-state index in [1.807, 2.05) is 39.2 Å². The van der Waals surface area contributed by atoms with E-state index in [1.54, 1.807) is 23.7 Å². The molecule has 0 aliphatic carbocycles. The van der Waals surface area contributed by atoms with E-state index in [0.717, 1.165) is 5.56 Å². The third-order valence-electron chi connectivity index (χ3n) is 3.48. The first-order chi connectivity index (χ1) is 10.6. The standard InChI is InChI=1S/C16H22N4OS/c1-12(13-6-4-8-17-10-13)19-16(21)18-11-14(20(2)3)15-7-5-9-22-15/h4-10,12,14H,11H2,1-3H3,(H2,18,19,21)/t12-,14+/m0/s1. The minimum absolute atomic E-state index is 0.0757. The molecule has 0 aromatic carbocycles. The van der Waals surface area contributed by atoms with E-state index in [2.05, 4.69) is 32.0 Å². The highest BCUT2D eigenvalue weighted by Crippen LogP contribution is 2.22. The second-order valence-electron chi connectivity index (χ2n) is 5.36. The molecule has 0 radical (unpaired) electrons. The Morgan fingerprint density at radius 3 is 2.77 bits per heavy atom. The van der Waals surface area contributed by atoms with Crippen molar-refractivity contribution in [3.63, 3.8) is 0 Å². The summed E-state index contributed by atoms with van der Waals surface area (Å²) in [7, 11) is 4.03. The van der Waals surface area contributed by atoms with Gasteiger partial charge in [-0.3, -0.25) is 4.98 Å². The van der Waals surface area contributed by atoms with Gasteiger partial charge in [-0.05, 0) is 44.1 Å². The number of thiophene rings is 1. The first kappa shape index (κ1) is 16.5. The highest BCUT2D eigenvalue weighted by Gasteiger charge is 2.17. The second kappa shape index (κ2) is 7.91. The zero-order valence-electron chi connectivity index (χ0n) is 13.1. The number of aromatic nitrogens is 1. The molecule has 0 fully saturated rings. The molecule has 2 aromatic heterocycles. The predicted octanol–water partition coefficient (Wildman–Crippen LogP) is 2.81. The molecule has 2 rings (SSSR count). The average Bonchev–Trinajstić information content (AvgIpc) is 3.02. The number of carbonyl (C=O) groups is 1. The smallest absolute Gasteiger partial charge is 0.315 e. The topological polar surface area (TPSA) is 57.3 Å².